The maximum absolute atomic E-state index is 12.4. The van der Waals surface area contributed by atoms with E-state index in [0.717, 1.165) is 50.1 Å². The number of hydrogen-bond donors (Lipinski definition) is 1. The first kappa shape index (κ1) is 19.5. The molecule has 0 radical (unpaired) electrons. The molecule has 1 N–H and O–H groups in total. The molecule has 1 atom stereocenters. The van der Waals surface area contributed by atoms with Crippen LogP contribution in [0.15, 0.2) is 5.38 Å². The Morgan fingerprint density at radius 2 is 1.95 bits per heavy atom. The lowest BCUT2D eigenvalue weighted by atomic mass is 9.88. The van der Waals surface area contributed by atoms with Crippen molar-refractivity contribution in [2.75, 3.05) is 44.2 Å². The molecule has 0 bridgehead atoms. The van der Waals surface area contributed by atoms with Gasteiger partial charge < -0.3 is 15.1 Å². The van der Waals surface area contributed by atoms with Crippen molar-refractivity contribution in [1.29, 1.82) is 0 Å². The average Bonchev–Trinajstić information content (AvgIpc) is 2.83. The van der Waals surface area contributed by atoms with Gasteiger partial charge in [-0.25, -0.2) is 4.98 Å². The number of hydrogen-bond acceptors (Lipinski definition) is 5. The number of piperazine rings is 1. The molecule has 2 fully saturated rings. The summed E-state index contributed by atoms with van der Waals surface area (Å²) in [5.74, 6) is 1.01. The fourth-order valence-electron chi connectivity index (χ4n) is 2.76. The minimum atomic E-state index is 0. The maximum atomic E-state index is 12.4. The Hall–Kier alpha value is -0.560. The normalized spacial score (nSPS) is 19.7. The molecule has 2 saturated heterocycles. The van der Waals surface area contributed by atoms with E-state index < -0.39 is 0 Å². The number of aryl methyl sites for hydroxylation is 1. The molecule has 2 aliphatic rings. The van der Waals surface area contributed by atoms with Crippen molar-refractivity contribution in [3.8, 4) is 0 Å². The van der Waals surface area contributed by atoms with Crippen molar-refractivity contribution in [3.05, 3.63) is 11.1 Å². The van der Waals surface area contributed by atoms with Crippen LogP contribution in [0.1, 0.15) is 12.6 Å². The van der Waals surface area contributed by atoms with Crippen LogP contribution < -0.4 is 10.2 Å². The predicted molar refractivity (Wildman–Crippen MR) is 95.7 cm³/mol. The standard InChI is InChI=1S/C14H22N4OS.2ClH/c1-10-9-20-14(16-10)18-5-3-17(4-6-18)13(19)11(2)12-7-15-8-12;;/h9,11-12,15H,3-8H2,1-2H3;2*1H. The molecule has 0 spiro atoms. The van der Waals surface area contributed by atoms with E-state index in [2.05, 4.69) is 27.5 Å². The minimum absolute atomic E-state index is 0. The van der Waals surface area contributed by atoms with Crippen LogP contribution in [0.2, 0.25) is 0 Å². The Balaban J connectivity index is 0.00000121. The van der Waals surface area contributed by atoms with Crippen molar-refractivity contribution in [3.63, 3.8) is 0 Å². The van der Waals surface area contributed by atoms with Gasteiger partial charge in [0, 0.05) is 37.5 Å². The first-order chi connectivity index (χ1) is 9.65. The van der Waals surface area contributed by atoms with E-state index in [1.54, 1.807) is 11.3 Å². The topological polar surface area (TPSA) is 48.5 Å². The summed E-state index contributed by atoms with van der Waals surface area (Å²) in [6.07, 6.45) is 0. The number of carbonyl (C=O) groups is 1. The zero-order chi connectivity index (χ0) is 14.1. The second-order valence-corrected chi connectivity index (χ2v) is 6.63. The average molecular weight is 367 g/mol. The van der Waals surface area contributed by atoms with Crippen molar-refractivity contribution in [2.24, 2.45) is 11.8 Å². The summed E-state index contributed by atoms with van der Waals surface area (Å²) in [7, 11) is 0. The molecule has 0 aromatic carbocycles. The van der Waals surface area contributed by atoms with Gasteiger partial charge >= 0.3 is 0 Å². The van der Waals surface area contributed by atoms with Gasteiger partial charge in [0.15, 0.2) is 5.13 Å². The molecule has 3 rings (SSSR count). The van der Waals surface area contributed by atoms with Crippen molar-refractivity contribution >= 4 is 47.2 Å². The first-order valence-electron chi connectivity index (χ1n) is 7.31. The molecule has 0 saturated carbocycles. The summed E-state index contributed by atoms with van der Waals surface area (Å²) in [6, 6.07) is 0. The molecule has 22 heavy (non-hydrogen) atoms. The number of amides is 1. The fourth-order valence-corrected chi connectivity index (χ4v) is 3.62. The lowest BCUT2D eigenvalue weighted by Gasteiger charge is -2.39. The van der Waals surface area contributed by atoms with Gasteiger partial charge in [-0.15, -0.1) is 36.2 Å². The highest BCUT2D eigenvalue weighted by atomic mass is 35.5. The molecule has 1 unspecified atom stereocenters. The molecule has 8 heteroatoms. The monoisotopic (exact) mass is 366 g/mol. The van der Waals surface area contributed by atoms with E-state index in [9.17, 15) is 4.79 Å². The second-order valence-electron chi connectivity index (χ2n) is 5.79. The Morgan fingerprint density at radius 1 is 1.32 bits per heavy atom. The highest BCUT2D eigenvalue weighted by Crippen LogP contribution is 2.23. The fraction of sp³-hybridized carbons (Fsp3) is 0.714. The largest absolute Gasteiger partial charge is 0.345 e. The zero-order valence-corrected chi connectivity index (χ0v) is 15.4. The lowest BCUT2D eigenvalue weighted by molar-refractivity contribution is -0.137. The molecule has 126 valence electrons. The lowest BCUT2D eigenvalue weighted by Crippen LogP contribution is -2.54. The molecular formula is C14H24Cl2N4OS. The van der Waals surface area contributed by atoms with E-state index in [1.165, 1.54) is 0 Å². The summed E-state index contributed by atoms with van der Waals surface area (Å²) in [5, 5.41) is 6.42. The summed E-state index contributed by atoms with van der Waals surface area (Å²) in [5.41, 5.74) is 1.08. The summed E-state index contributed by atoms with van der Waals surface area (Å²) < 4.78 is 0. The quantitative estimate of drug-likeness (QED) is 0.885. The highest BCUT2D eigenvalue weighted by molar-refractivity contribution is 7.13. The summed E-state index contributed by atoms with van der Waals surface area (Å²) >= 11 is 1.69. The van der Waals surface area contributed by atoms with Crippen molar-refractivity contribution < 1.29 is 4.79 Å². The molecule has 1 amide bonds. The van der Waals surface area contributed by atoms with E-state index in [4.69, 9.17) is 0 Å². The number of aromatic nitrogens is 1. The molecule has 2 aliphatic heterocycles. The third kappa shape index (κ3) is 4.04. The van der Waals surface area contributed by atoms with Crippen LogP contribution in [0.4, 0.5) is 5.13 Å². The van der Waals surface area contributed by atoms with E-state index >= 15 is 0 Å². The van der Waals surface area contributed by atoms with Gasteiger partial charge in [-0.3, -0.25) is 4.79 Å². The summed E-state index contributed by atoms with van der Waals surface area (Å²) in [6.45, 7) is 9.52. The van der Waals surface area contributed by atoms with Crippen molar-refractivity contribution in [2.45, 2.75) is 13.8 Å². The second kappa shape index (κ2) is 8.34. The number of thiazole rings is 1. The van der Waals surface area contributed by atoms with Gasteiger partial charge in [-0.2, -0.15) is 0 Å². The first-order valence-corrected chi connectivity index (χ1v) is 8.19. The Labute approximate surface area is 148 Å². The van der Waals surface area contributed by atoms with Gasteiger partial charge in [0.25, 0.3) is 0 Å². The molecule has 1 aromatic heterocycles. The third-order valence-corrected chi connectivity index (χ3v) is 5.40. The minimum Gasteiger partial charge on any atom is -0.345 e. The Kier molecular flexibility index (Phi) is 7.38. The molecule has 3 heterocycles. The highest BCUT2D eigenvalue weighted by Gasteiger charge is 2.33. The van der Waals surface area contributed by atoms with Crippen LogP contribution in [0.5, 0.6) is 0 Å². The van der Waals surface area contributed by atoms with Crippen molar-refractivity contribution in [1.82, 2.24) is 15.2 Å². The van der Waals surface area contributed by atoms with Crippen LogP contribution in [0.3, 0.4) is 0 Å². The van der Waals surface area contributed by atoms with Crippen LogP contribution in [0.25, 0.3) is 0 Å². The van der Waals surface area contributed by atoms with Gasteiger partial charge in [0.2, 0.25) is 5.91 Å². The Morgan fingerprint density at radius 3 is 2.41 bits per heavy atom. The smallest absolute Gasteiger partial charge is 0.225 e. The van der Waals surface area contributed by atoms with Gasteiger partial charge in [0.05, 0.1) is 5.69 Å². The maximum Gasteiger partial charge on any atom is 0.225 e. The van der Waals surface area contributed by atoms with Gasteiger partial charge in [-0.1, -0.05) is 6.92 Å². The molecular weight excluding hydrogens is 343 g/mol. The third-order valence-electron chi connectivity index (χ3n) is 4.38. The van der Waals surface area contributed by atoms with Crippen LogP contribution in [0, 0.1) is 18.8 Å². The van der Waals surface area contributed by atoms with Gasteiger partial charge in [0.1, 0.15) is 0 Å². The van der Waals surface area contributed by atoms with Crippen LogP contribution in [-0.4, -0.2) is 55.1 Å². The predicted octanol–water partition coefficient (Wildman–Crippen LogP) is 1.80. The summed E-state index contributed by atoms with van der Waals surface area (Å²) in [4.78, 5) is 21.3. The van der Waals surface area contributed by atoms with Crippen LogP contribution in [-0.2, 0) is 4.79 Å². The SMILES string of the molecule is Cc1csc(N2CCN(C(=O)C(C)C3CNC3)CC2)n1.Cl.Cl. The number of rotatable bonds is 3. The number of carbonyl (C=O) groups excluding carboxylic acids is 1. The van der Waals surface area contributed by atoms with E-state index in [0.29, 0.717) is 11.8 Å². The van der Waals surface area contributed by atoms with Gasteiger partial charge in [-0.05, 0) is 25.9 Å². The van der Waals surface area contributed by atoms with Crippen LogP contribution >= 0.6 is 36.2 Å². The number of nitrogens with one attached hydrogen (secondary N) is 1. The molecule has 0 aliphatic carbocycles. The molecule has 1 aromatic rings. The number of halogens is 2. The van der Waals surface area contributed by atoms with E-state index in [-0.39, 0.29) is 30.7 Å². The number of nitrogens with zero attached hydrogens (tertiary/aromatic N) is 3. The number of anilines is 1. The van der Waals surface area contributed by atoms with E-state index in [1.807, 2.05) is 11.8 Å². The Bertz CT molecular complexity index is 487. The zero-order valence-electron chi connectivity index (χ0n) is 12.9. The molecule has 5 nitrogen and oxygen atoms in total.